The average molecular weight is 230 g/mol. The van der Waals surface area contributed by atoms with Crippen LogP contribution in [0.25, 0.3) is 0 Å². The van der Waals surface area contributed by atoms with Gasteiger partial charge >= 0.3 is 0 Å². The number of piperidine rings is 1. The van der Waals surface area contributed by atoms with Crippen LogP contribution >= 0.6 is 0 Å². The molecule has 0 radical (unpaired) electrons. The van der Waals surface area contributed by atoms with Gasteiger partial charge in [0.05, 0.1) is 0 Å². The van der Waals surface area contributed by atoms with E-state index in [-0.39, 0.29) is 0 Å². The summed E-state index contributed by atoms with van der Waals surface area (Å²) in [5.41, 5.74) is 1.27. The van der Waals surface area contributed by atoms with Gasteiger partial charge in [-0.2, -0.15) is 0 Å². The Labute approximate surface area is 104 Å². The standard InChI is InChI=1S/C15H22N2/c1-2-6-13(7-3-1)16-14-8-5-11-17(12-14)15-9-4-10-15/h1-3,6-7,14-16H,4-5,8-12H2. The third-order valence-corrected chi connectivity index (χ3v) is 4.19. The number of nitrogens with zero attached hydrogens (tertiary/aromatic N) is 1. The minimum absolute atomic E-state index is 0.645. The van der Waals surface area contributed by atoms with E-state index in [4.69, 9.17) is 0 Å². The molecule has 92 valence electrons. The van der Waals surface area contributed by atoms with Gasteiger partial charge < -0.3 is 5.32 Å². The molecule has 1 atom stereocenters. The van der Waals surface area contributed by atoms with E-state index in [2.05, 4.69) is 40.5 Å². The Morgan fingerprint density at radius 3 is 2.53 bits per heavy atom. The molecule has 3 rings (SSSR count). The SMILES string of the molecule is c1ccc(NC2CCCN(C3CCC3)C2)cc1. The Hall–Kier alpha value is -1.02. The van der Waals surface area contributed by atoms with Crippen molar-refractivity contribution in [3.8, 4) is 0 Å². The summed E-state index contributed by atoms with van der Waals surface area (Å²) in [6, 6.07) is 12.2. The highest BCUT2D eigenvalue weighted by atomic mass is 15.2. The van der Waals surface area contributed by atoms with Crippen LogP contribution in [0.1, 0.15) is 32.1 Å². The summed E-state index contributed by atoms with van der Waals surface area (Å²) in [6.07, 6.45) is 6.97. The minimum Gasteiger partial charge on any atom is -0.381 e. The number of nitrogens with one attached hydrogen (secondary N) is 1. The highest BCUT2D eigenvalue weighted by Gasteiger charge is 2.29. The molecule has 17 heavy (non-hydrogen) atoms. The lowest BCUT2D eigenvalue weighted by Crippen LogP contribution is -2.49. The zero-order valence-corrected chi connectivity index (χ0v) is 10.4. The summed E-state index contributed by atoms with van der Waals surface area (Å²) in [5.74, 6) is 0. The van der Waals surface area contributed by atoms with Crippen molar-refractivity contribution >= 4 is 5.69 Å². The summed E-state index contributed by atoms with van der Waals surface area (Å²) >= 11 is 0. The van der Waals surface area contributed by atoms with Gasteiger partial charge in [-0.25, -0.2) is 0 Å². The van der Waals surface area contributed by atoms with Gasteiger partial charge in [0.15, 0.2) is 0 Å². The fourth-order valence-electron chi connectivity index (χ4n) is 2.98. The van der Waals surface area contributed by atoms with Gasteiger partial charge in [0.2, 0.25) is 0 Å². The normalized spacial score (nSPS) is 26.5. The molecule has 1 aliphatic carbocycles. The maximum atomic E-state index is 3.67. The Balaban J connectivity index is 1.56. The van der Waals surface area contributed by atoms with Gasteiger partial charge in [-0.3, -0.25) is 4.90 Å². The highest BCUT2D eigenvalue weighted by Crippen LogP contribution is 2.28. The molecule has 1 aromatic carbocycles. The molecule has 2 aliphatic rings. The molecule has 1 heterocycles. The van der Waals surface area contributed by atoms with E-state index in [0.717, 1.165) is 6.04 Å². The number of hydrogen-bond donors (Lipinski definition) is 1. The molecular weight excluding hydrogens is 208 g/mol. The number of hydrogen-bond acceptors (Lipinski definition) is 2. The van der Waals surface area contributed by atoms with Crippen molar-refractivity contribution in [2.24, 2.45) is 0 Å². The van der Waals surface area contributed by atoms with Crippen LogP contribution in [0.2, 0.25) is 0 Å². The second-order valence-electron chi connectivity index (χ2n) is 5.43. The third-order valence-electron chi connectivity index (χ3n) is 4.19. The summed E-state index contributed by atoms with van der Waals surface area (Å²) < 4.78 is 0. The quantitative estimate of drug-likeness (QED) is 0.858. The first-order valence-electron chi connectivity index (χ1n) is 6.97. The first-order chi connectivity index (χ1) is 8.42. The van der Waals surface area contributed by atoms with Crippen molar-refractivity contribution in [1.29, 1.82) is 0 Å². The Morgan fingerprint density at radius 2 is 1.82 bits per heavy atom. The van der Waals surface area contributed by atoms with E-state index in [0.29, 0.717) is 6.04 Å². The molecule has 1 N–H and O–H groups in total. The highest BCUT2D eigenvalue weighted by molar-refractivity contribution is 5.43. The maximum absolute atomic E-state index is 3.67. The molecule has 1 unspecified atom stereocenters. The van der Waals surface area contributed by atoms with Crippen molar-refractivity contribution in [2.75, 3.05) is 18.4 Å². The summed E-state index contributed by atoms with van der Waals surface area (Å²) in [5, 5.41) is 3.67. The molecule has 0 bridgehead atoms. The van der Waals surface area contributed by atoms with Crippen molar-refractivity contribution in [3.63, 3.8) is 0 Å². The first kappa shape index (κ1) is 11.1. The molecule has 0 amide bonds. The Kier molecular flexibility index (Phi) is 3.32. The van der Waals surface area contributed by atoms with Crippen LogP contribution in [0.4, 0.5) is 5.69 Å². The molecule has 1 saturated heterocycles. The smallest absolute Gasteiger partial charge is 0.0389 e. The van der Waals surface area contributed by atoms with Crippen LogP contribution in [0.3, 0.4) is 0 Å². The molecule has 2 nitrogen and oxygen atoms in total. The number of para-hydroxylation sites is 1. The third kappa shape index (κ3) is 2.63. The topological polar surface area (TPSA) is 15.3 Å². The van der Waals surface area contributed by atoms with Gasteiger partial charge in [0.25, 0.3) is 0 Å². The van der Waals surface area contributed by atoms with Gasteiger partial charge in [-0.1, -0.05) is 24.6 Å². The molecular formula is C15H22N2. The Morgan fingerprint density at radius 1 is 1.00 bits per heavy atom. The van der Waals surface area contributed by atoms with E-state index in [1.807, 2.05) is 0 Å². The van der Waals surface area contributed by atoms with Gasteiger partial charge in [0.1, 0.15) is 0 Å². The van der Waals surface area contributed by atoms with Crippen LogP contribution in [0.15, 0.2) is 30.3 Å². The predicted octanol–water partition coefficient (Wildman–Crippen LogP) is 3.12. The van der Waals surface area contributed by atoms with Crippen LogP contribution in [-0.4, -0.2) is 30.1 Å². The molecule has 1 aromatic rings. The van der Waals surface area contributed by atoms with E-state index in [9.17, 15) is 0 Å². The monoisotopic (exact) mass is 230 g/mol. The van der Waals surface area contributed by atoms with E-state index in [1.165, 1.54) is 50.9 Å². The zero-order chi connectivity index (χ0) is 11.5. The zero-order valence-electron chi connectivity index (χ0n) is 10.4. The fourth-order valence-corrected chi connectivity index (χ4v) is 2.98. The van der Waals surface area contributed by atoms with Gasteiger partial charge in [0, 0.05) is 24.3 Å². The van der Waals surface area contributed by atoms with E-state index < -0.39 is 0 Å². The Bertz CT molecular complexity index is 345. The van der Waals surface area contributed by atoms with Gasteiger partial charge in [-0.15, -0.1) is 0 Å². The predicted molar refractivity (Wildman–Crippen MR) is 72.3 cm³/mol. The second kappa shape index (κ2) is 5.09. The molecule has 0 spiro atoms. The van der Waals surface area contributed by atoms with Crippen molar-refractivity contribution in [3.05, 3.63) is 30.3 Å². The van der Waals surface area contributed by atoms with Gasteiger partial charge in [-0.05, 0) is 44.4 Å². The largest absolute Gasteiger partial charge is 0.381 e. The molecule has 1 aliphatic heterocycles. The molecule has 2 fully saturated rings. The summed E-state index contributed by atoms with van der Waals surface area (Å²) in [4.78, 5) is 2.70. The molecule has 2 heteroatoms. The lowest BCUT2D eigenvalue weighted by atomic mass is 9.89. The number of benzene rings is 1. The van der Waals surface area contributed by atoms with Crippen molar-refractivity contribution in [1.82, 2.24) is 4.90 Å². The lowest BCUT2D eigenvalue weighted by Gasteiger charge is -2.42. The van der Waals surface area contributed by atoms with E-state index >= 15 is 0 Å². The fraction of sp³-hybridized carbons (Fsp3) is 0.600. The van der Waals surface area contributed by atoms with Crippen LogP contribution in [0, 0.1) is 0 Å². The second-order valence-corrected chi connectivity index (χ2v) is 5.43. The maximum Gasteiger partial charge on any atom is 0.0389 e. The van der Waals surface area contributed by atoms with Crippen molar-refractivity contribution in [2.45, 2.75) is 44.2 Å². The number of rotatable bonds is 3. The molecule has 0 aromatic heterocycles. The number of anilines is 1. The average Bonchev–Trinajstić information content (AvgIpc) is 2.28. The lowest BCUT2D eigenvalue weighted by molar-refractivity contribution is 0.0991. The first-order valence-corrected chi connectivity index (χ1v) is 6.97. The minimum atomic E-state index is 0.645. The van der Waals surface area contributed by atoms with E-state index in [1.54, 1.807) is 0 Å². The van der Waals surface area contributed by atoms with Crippen LogP contribution in [-0.2, 0) is 0 Å². The summed E-state index contributed by atoms with van der Waals surface area (Å²) in [6.45, 7) is 2.55. The summed E-state index contributed by atoms with van der Waals surface area (Å²) in [7, 11) is 0. The van der Waals surface area contributed by atoms with Crippen LogP contribution < -0.4 is 5.32 Å². The van der Waals surface area contributed by atoms with Crippen molar-refractivity contribution < 1.29 is 0 Å². The molecule has 1 saturated carbocycles. The number of likely N-dealkylation sites (tertiary alicyclic amines) is 1. The van der Waals surface area contributed by atoms with Crippen LogP contribution in [0.5, 0.6) is 0 Å².